The van der Waals surface area contributed by atoms with E-state index in [0.29, 0.717) is 0 Å². The molecule has 0 nitrogen and oxygen atoms in total. The van der Waals surface area contributed by atoms with Gasteiger partial charge in [-0.25, -0.2) is 0 Å². The van der Waals surface area contributed by atoms with Crippen molar-refractivity contribution in [1.29, 1.82) is 0 Å². The van der Waals surface area contributed by atoms with Gasteiger partial charge in [0, 0.05) is 0 Å². The van der Waals surface area contributed by atoms with Gasteiger partial charge in [0.25, 0.3) is 0 Å². The molecule has 0 bridgehead atoms. The lowest BCUT2D eigenvalue weighted by atomic mass is 9.91. The van der Waals surface area contributed by atoms with E-state index < -0.39 is 0 Å². The highest BCUT2D eigenvalue weighted by Crippen LogP contribution is 2.36. The van der Waals surface area contributed by atoms with E-state index in [9.17, 15) is 0 Å². The zero-order chi connectivity index (χ0) is 22.6. The van der Waals surface area contributed by atoms with Gasteiger partial charge in [0.2, 0.25) is 0 Å². The van der Waals surface area contributed by atoms with Crippen LogP contribution in [0.15, 0.2) is 128 Å². The number of hydrogen-bond acceptors (Lipinski definition) is 0. The van der Waals surface area contributed by atoms with Crippen LogP contribution in [-0.4, -0.2) is 0 Å². The Kier molecular flexibility index (Phi) is 4.10. The van der Waals surface area contributed by atoms with Crippen molar-refractivity contribution in [2.75, 3.05) is 0 Å². The monoisotopic (exact) mass is 430 g/mol. The molecular formula is C34H22. The molecule has 0 N–H and O–H groups in total. The average molecular weight is 431 g/mol. The van der Waals surface area contributed by atoms with Gasteiger partial charge >= 0.3 is 0 Å². The van der Waals surface area contributed by atoms with Crippen molar-refractivity contribution in [3.63, 3.8) is 0 Å². The smallest absolute Gasteiger partial charge is 0.00986 e. The van der Waals surface area contributed by atoms with Crippen LogP contribution in [0.25, 0.3) is 59.4 Å². The highest BCUT2D eigenvalue weighted by molar-refractivity contribution is 6.17. The molecule has 7 rings (SSSR count). The van der Waals surface area contributed by atoms with E-state index in [-0.39, 0.29) is 0 Å². The molecule has 0 spiro atoms. The maximum absolute atomic E-state index is 4.46. The first-order chi connectivity index (χ1) is 16.7. The maximum atomic E-state index is 4.46. The minimum absolute atomic E-state index is 1.06. The fourth-order valence-corrected chi connectivity index (χ4v) is 5.33. The Balaban J connectivity index is 1.53. The Labute approximate surface area is 198 Å². The second-order valence-corrected chi connectivity index (χ2v) is 9.13. The largest absolute Gasteiger partial charge is 0.0905 e. The van der Waals surface area contributed by atoms with Crippen molar-refractivity contribution in [1.82, 2.24) is 0 Å². The van der Waals surface area contributed by atoms with Gasteiger partial charge in [0.15, 0.2) is 0 Å². The number of benzene rings is 7. The zero-order valence-corrected chi connectivity index (χ0v) is 18.8. The Morgan fingerprint density at radius 3 is 1.65 bits per heavy atom. The van der Waals surface area contributed by atoms with E-state index in [1.807, 2.05) is 6.07 Å². The molecule has 0 aliphatic heterocycles. The van der Waals surface area contributed by atoms with Crippen LogP contribution in [0.4, 0.5) is 0 Å². The van der Waals surface area contributed by atoms with Gasteiger partial charge in [-0.1, -0.05) is 91.5 Å². The summed E-state index contributed by atoms with van der Waals surface area (Å²) in [6.07, 6.45) is 0. The molecule has 0 heterocycles. The van der Waals surface area contributed by atoms with Gasteiger partial charge in [-0.3, -0.25) is 0 Å². The van der Waals surface area contributed by atoms with Crippen LogP contribution >= 0.6 is 0 Å². The third kappa shape index (κ3) is 2.93. The number of fused-ring (bicyclic) bond motifs is 6. The van der Waals surface area contributed by atoms with Gasteiger partial charge in [-0.05, 0) is 107 Å². The van der Waals surface area contributed by atoms with Crippen molar-refractivity contribution >= 4 is 59.4 Å². The lowest BCUT2D eigenvalue weighted by Gasteiger charge is -2.13. The summed E-state index contributed by atoms with van der Waals surface area (Å²) >= 11 is 0. The first-order valence-corrected chi connectivity index (χ1v) is 11.7. The van der Waals surface area contributed by atoms with Crippen LogP contribution in [0.3, 0.4) is 0 Å². The summed E-state index contributed by atoms with van der Waals surface area (Å²) in [5.41, 5.74) is 3.41. The summed E-state index contributed by atoms with van der Waals surface area (Å²) in [5.74, 6) is 0. The summed E-state index contributed by atoms with van der Waals surface area (Å²) in [7, 11) is 0. The van der Waals surface area contributed by atoms with E-state index in [1.54, 1.807) is 0 Å². The quantitative estimate of drug-likeness (QED) is 0.189. The number of hydrogen-bond donors (Lipinski definition) is 0. The summed E-state index contributed by atoms with van der Waals surface area (Å²) in [6, 6.07) is 44.1. The van der Waals surface area contributed by atoms with Crippen molar-refractivity contribution in [3.05, 3.63) is 139 Å². The molecule has 0 aliphatic carbocycles. The molecule has 0 saturated heterocycles. The normalized spacial score (nSPS) is 11.6. The second-order valence-electron chi connectivity index (χ2n) is 9.13. The van der Waals surface area contributed by atoms with Gasteiger partial charge < -0.3 is 0 Å². The summed E-state index contributed by atoms with van der Waals surface area (Å²) in [4.78, 5) is 0. The first kappa shape index (κ1) is 19.1. The van der Waals surface area contributed by atoms with E-state index >= 15 is 0 Å². The van der Waals surface area contributed by atoms with Crippen molar-refractivity contribution in [2.24, 2.45) is 0 Å². The van der Waals surface area contributed by atoms with Crippen molar-refractivity contribution in [2.45, 2.75) is 0 Å². The van der Waals surface area contributed by atoms with Crippen LogP contribution in [0.2, 0.25) is 0 Å². The molecule has 0 unspecified atom stereocenters. The molecule has 0 heteroatoms. The first-order valence-electron chi connectivity index (χ1n) is 11.7. The minimum atomic E-state index is 1.06. The molecule has 0 aliphatic rings. The van der Waals surface area contributed by atoms with Gasteiger partial charge in [0.05, 0.1) is 0 Å². The number of rotatable bonds is 2. The SMILES string of the molecule is C=C(c1ccccc1)c1cccc2cc3ccc4cc5cc6ccccc6cc5cc4c3cc12. The van der Waals surface area contributed by atoms with Crippen LogP contribution in [-0.2, 0) is 0 Å². The van der Waals surface area contributed by atoms with E-state index in [2.05, 4.69) is 122 Å². The molecule has 158 valence electrons. The van der Waals surface area contributed by atoms with Crippen LogP contribution in [0, 0.1) is 0 Å². The fourth-order valence-electron chi connectivity index (χ4n) is 5.33. The predicted octanol–water partition coefficient (Wildman–Crippen LogP) is 9.51. The summed E-state index contributed by atoms with van der Waals surface area (Å²) in [6.45, 7) is 4.46. The molecule has 0 fully saturated rings. The molecule has 0 aromatic heterocycles. The van der Waals surface area contributed by atoms with Gasteiger partial charge in [0.1, 0.15) is 0 Å². The topological polar surface area (TPSA) is 0 Å². The van der Waals surface area contributed by atoms with E-state index in [1.165, 1.54) is 59.4 Å². The average Bonchev–Trinajstić information content (AvgIpc) is 2.89. The zero-order valence-electron chi connectivity index (χ0n) is 18.8. The molecular weight excluding hydrogens is 408 g/mol. The minimum Gasteiger partial charge on any atom is -0.0905 e. The Morgan fingerprint density at radius 2 is 0.912 bits per heavy atom. The Morgan fingerprint density at radius 1 is 0.382 bits per heavy atom. The van der Waals surface area contributed by atoms with Crippen LogP contribution in [0.1, 0.15) is 11.1 Å². The van der Waals surface area contributed by atoms with Crippen LogP contribution < -0.4 is 0 Å². The predicted molar refractivity (Wildman–Crippen MR) is 149 cm³/mol. The molecule has 0 atom stereocenters. The summed E-state index contributed by atoms with van der Waals surface area (Å²) < 4.78 is 0. The van der Waals surface area contributed by atoms with E-state index in [0.717, 1.165) is 11.1 Å². The Hall–Kier alpha value is -4.42. The van der Waals surface area contributed by atoms with E-state index in [4.69, 9.17) is 0 Å². The Bertz CT molecular complexity index is 1910. The van der Waals surface area contributed by atoms with Gasteiger partial charge in [-0.2, -0.15) is 0 Å². The molecule has 34 heavy (non-hydrogen) atoms. The van der Waals surface area contributed by atoms with Crippen LogP contribution in [0.5, 0.6) is 0 Å². The summed E-state index contributed by atoms with van der Waals surface area (Å²) in [5, 5.41) is 12.7. The maximum Gasteiger partial charge on any atom is -0.00986 e. The third-order valence-corrected chi connectivity index (χ3v) is 7.10. The molecule has 7 aromatic rings. The highest BCUT2D eigenvalue weighted by Gasteiger charge is 2.10. The molecule has 0 radical (unpaired) electrons. The van der Waals surface area contributed by atoms with Crippen molar-refractivity contribution < 1.29 is 0 Å². The standard InChI is InChI=1S/C34H22/c1-22(23-8-3-2-4-9-23)31-13-7-12-26-18-27-14-15-28-19-29-16-24-10-5-6-11-25(24)17-30(29)20-32(28)34(27)21-33(26)31/h2-21H,1H2. The molecule has 7 aromatic carbocycles. The lowest BCUT2D eigenvalue weighted by Crippen LogP contribution is -1.89. The molecule has 0 saturated carbocycles. The van der Waals surface area contributed by atoms with Crippen molar-refractivity contribution in [3.8, 4) is 0 Å². The lowest BCUT2D eigenvalue weighted by molar-refractivity contribution is 1.59. The molecule has 0 amide bonds. The third-order valence-electron chi connectivity index (χ3n) is 7.10. The highest BCUT2D eigenvalue weighted by atomic mass is 14.1. The van der Waals surface area contributed by atoms with Gasteiger partial charge in [-0.15, -0.1) is 0 Å². The fraction of sp³-hybridized carbons (Fsp3) is 0. The second kappa shape index (κ2) is 7.30.